The van der Waals surface area contributed by atoms with Crippen molar-refractivity contribution in [3.8, 4) is 11.8 Å². The van der Waals surface area contributed by atoms with Gasteiger partial charge in [0.2, 0.25) is 0 Å². The van der Waals surface area contributed by atoms with Crippen LogP contribution in [0, 0.1) is 18.3 Å². The Hall–Kier alpha value is -2.13. The molecule has 0 aliphatic carbocycles. The summed E-state index contributed by atoms with van der Waals surface area (Å²) < 4.78 is 7.11. The normalized spacial score (nSPS) is 10.1. The smallest absolute Gasteiger partial charge is 0.268 e. The van der Waals surface area contributed by atoms with Gasteiger partial charge >= 0.3 is 0 Å². The van der Waals surface area contributed by atoms with E-state index in [-0.39, 0.29) is 5.56 Å². The molecule has 0 N–H and O–H groups in total. The highest BCUT2D eigenvalue weighted by atomic mass is 79.9. The number of hydrogen-bond donors (Lipinski definition) is 0. The zero-order chi connectivity index (χ0) is 14.7. The highest BCUT2D eigenvalue weighted by molar-refractivity contribution is 9.10. The van der Waals surface area contributed by atoms with Crippen LogP contribution < -0.4 is 10.3 Å². The van der Waals surface area contributed by atoms with Crippen molar-refractivity contribution in [2.45, 2.75) is 13.5 Å². The van der Waals surface area contributed by atoms with Gasteiger partial charge in [-0.15, -0.1) is 0 Å². The molecular weight excluding hydrogens is 322 g/mol. The van der Waals surface area contributed by atoms with Gasteiger partial charge in [0.05, 0.1) is 31.2 Å². The molecule has 1 aromatic carbocycles. The molecule has 0 atom stereocenters. The van der Waals surface area contributed by atoms with Crippen molar-refractivity contribution in [2.75, 3.05) is 7.11 Å². The van der Waals surface area contributed by atoms with Gasteiger partial charge in [-0.05, 0) is 40.5 Å². The molecule has 0 aliphatic heterocycles. The molecule has 20 heavy (non-hydrogen) atoms. The summed E-state index contributed by atoms with van der Waals surface area (Å²) in [5, 5.41) is 8.94. The van der Waals surface area contributed by atoms with E-state index >= 15 is 0 Å². The summed E-state index contributed by atoms with van der Waals surface area (Å²) in [5.74, 6) is 0.497. The summed E-state index contributed by atoms with van der Waals surface area (Å²) in [6.45, 7) is 2.13. The minimum atomic E-state index is -0.138. The first kappa shape index (κ1) is 14.3. The van der Waals surface area contributed by atoms with Crippen molar-refractivity contribution in [1.82, 2.24) is 9.55 Å². The van der Waals surface area contributed by atoms with E-state index in [0.717, 1.165) is 5.56 Å². The number of hydrogen-bond acceptors (Lipinski definition) is 4. The molecule has 0 fully saturated rings. The summed E-state index contributed by atoms with van der Waals surface area (Å²) in [4.78, 5) is 16.2. The molecular formula is C14H12BrN3O2. The molecule has 2 aromatic rings. The predicted octanol–water partition coefficient (Wildman–Crippen LogP) is 2.24. The number of aromatic nitrogens is 2. The molecule has 0 spiro atoms. The first-order valence-electron chi connectivity index (χ1n) is 5.85. The van der Waals surface area contributed by atoms with Crippen molar-refractivity contribution in [2.24, 2.45) is 0 Å². The fourth-order valence-electron chi connectivity index (χ4n) is 1.78. The van der Waals surface area contributed by atoms with Gasteiger partial charge in [-0.2, -0.15) is 5.26 Å². The Morgan fingerprint density at radius 3 is 2.90 bits per heavy atom. The lowest BCUT2D eigenvalue weighted by Crippen LogP contribution is -2.22. The molecule has 0 radical (unpaired) electrons. The molecule has 0 bridgehead atoms. The van der Waals surface area contributed by atoms with E-state index in [1.54, 1.807) is 25.1 Å². The van der Waals surface area contributed by atoms with Gasteiger partial charge in [-0.25, -0.2) is 4.98 Å². The Labute approximate surface area is 124 Å². The summed E-state index contributed by atoms with van der Waals surface area (Å²) in [6.07, 6.45) is 1.51. The monoisotopic (exact) mass is 333 g/mol. The number of rotatable bonds is 3. The van der Waals surface area contributed by atoms with Crippen molar-refractivity contribution in [1.29, 1.82) is 5.26 Å². The first-order valence-corrected chi connectivity index (χ1v) is 6.64. The Bertz CT molecular complexity index is 747. The molecule has 1 aromatic heterocycles. The molecule has 0 saturated heterocycles. The SMILES string of the molecule is COc1cc(Cn2cnc(C)c(Br)c2=O)ccc1C#N. The average molecular weight is 334 g/mol. The number of nitriles is 1. The molecule has 0 amide bonds. The van der Waals surface area contributed by atoms with E-state index in [0.29, 0.717) is 28.0 Å². The lowest BCUT2D eigenvalue weighted by atomic mass is 10.1. The second-order valence-corrected chi connectivity index (χ2v) is 5.02. The fourth-order valence-corrected chi connectivity index (χ4v) is 2.11. The van der Waals surface area contributed by atoms with Gasteiger partial charge in [0.1, 0.15) is 16.3 Å². The second kappa shape index (κ2) is 5.88. The molecule has 2 rings (SSSR count). The van der Waals surface area contributed by atoms with Gasteiger partial charge in [-0.1, -0.05) is 6.07 Å². The van der Waals surface area contributed by atoms with Gasteiger partial charge in [-0.3, -0.25) is 9.36 Å². The van der Waals surface area contributed by atoms with Crippen LogP contribution in [0.3, 0.4) is 0 Å². The second-order valence-electron chi connectivity index (χ2n) is 4.22. The van der Waals surface area contributed by atoms with E-state index in [9.17, 15) is 4.79 Å². The van der Waals surface area contributed by atoms with E-state index in [1.807, 2.05) is 0 Å². The third-order valence-corrected chi connectivity index (χ3v) is 3.81. The minimum absolute atomic E-state index is 0.138. The number of aryl methyl sites for hydroxylation is 1. The third kappa shape index (κ3) is 2.73. The van der Waals surface area contributed by atoms with Crippen LogP contribution in [0.15, 0.2) is 33.8 Å². The van der Waals surface area contributed by atoms with Crippen molar-refractivity contribution in [3.05, 3.63) is 56.2 Å². The Balaban J connectivity index is 2.39. The summed E-state index contributed by atoms with van der Waals surface area (Å²) in [7, 11) is 1.51. The maximum absolute atomic E-state index is 12.1. The number of ether oxygens (including phenoxy) is 1. The molecule has 0 aliphatic rings. The number of benzene rings is 1. The van der Waals surface area contributed by atoms with E-state index in [2.05, 4.69) is 27.0 Å². The van der Waals surface area contributed by atoms with E-state index in [1.165, 1.54) is 18.0 Å². The van der Waals surface area contributed by atoms with Crippen LogP contribution in [0.25, 0.3) is 0 Å². The molecule has 1 heterocycles. The topological polar surface area (TPSA) is 67.9 Å². The van der Waals surface area contributed by atoms with Crippen LogP contribution in [0.4, 0.5) is 0 Å². The van der Waals surface area contributed by atoms with Crippen molar-refractivity contribution >= 4 is 15.9 Å². The number of halogens is 1. The maximum atomic E-state index is 12.1. The number of methoxy groups -OCH3 is 1. The molecule has 6 heteroatoms. The van der Waals surface area contributed by atoms with E-state index in [4.69, 9.17) is 10.00 Å². The van der Waals surface area contributed by atoms with Crippen LogP contribution in [0.2, 0.25) is 0 Å². The Morgan fingerprint density at radius 2 is 2.25 bits per heavy atom. The van der Waals surface area contributed by atoms with Crippen LogP contribution >= 0.6 is 15.9 Å². The minimum Gasteiger partial charge on any atom is -0.495 e. The quantitative estimate of drug-likeness (QED) is 0.863. The maximum Gasteiger partial charge on any atom is 0.268 e. The standard InChI is InChI=1S/C14H12BrN3O2/c1-9-13(15)14(19)18(8-17-9)7-10-3-4-11(6-16)12(5-10)20-2/h3-5,8H,7H2,1-2H3. The Kier molecular flexibility index (Phi) is 4.20. The van der Waals surface area contributed by atoms with Crippen LogP contribution in [0.1, 0.15) is 16.8 Å². The summed E-state index contributed by atoms with van der Waals surface area (Å²) >= 11 is 3.23. The van der Waals surface area contributed by atoms with Crippen LogP contribution in [-0.2, 0) is 6.54 Å². The predicted molar refractivity (Wildman–Crippen MR) is 77.7 cm³/mol. The van der Waals surface area contributed by atoms with E-state index < -0.39 is 0 Å². The van der Waals surface area contributed by atoms with Crippen molar-refractivity contribution in [3.63, 3.8) is 0 Å². The summed E-state index contributed by atoms with van der Waals surface area (Å²) in [6, 6.07) is 7.27. The van der Waals surface area contributed by atoms with Gasteiger partial charge in [0.15, 0.2) is 0 Å². The lowest BCUT2D eigenvalue weighted by molar-refractivity contribution is 0.412. The van der Waals surface area contributed by atoms with Crippen molar-refractivity contribution < 1.29 is 4.74 Å². The molecule has 0 unspecified atom stereocenters. The zero-order valence-corrected chi connectivity index (χ0v) is 12.6. The highest BCUT2D eigenvalue weighted by Crippen LogP contribution is 2.19. The van der Waals surface area contributed by atoms with Gasteiger partial charge in [0, 0.05) is 0 Å². The van der Waals surface area contributed by atoms with Crippen LogP contribution in [-0.4, -0.2) is 16.7 Å². The first-order chi connectivity index (χ1) is 9.56. The van der Waals surface area contributed by atoms with Gasteiger partial charge < -0.3 is 4.74 Å². The molecule has 0 saturated carbocycles. The highest BCUT2D eigenvalue weighted by Gasteiger charge is 2.08. The Morgan fingerprint density at radius 1 is 1.50 bits per heavy atom. The lowest BCUT2D eigenvalue weighted by Gasteiger charge is -2.09. The van der Waals surface area contributed by atoms with Gasteiger partial charge in [0.25, 0.3) is 5.56 Å². The zero-order valence-electron chi connectivity index (χ0n) is 11.1. The van der Waals surface area contributed by atoms with Crippen LogP contribution in [0.5, 0.6) is 5.75 Å². The molecule has 102 valence electrons. The average Bonchev–Trinajstić information content (AvgIpc) is 2.47. The third-order valence-electron chi connectivity index (χ3n) is 2.90. The largest absolute Gasteiger partial charge is 0.495 e. The fraction of sp³-hybridized carbons (Fsp3) is 0.214. The summed E-state index contributed by atoms with van der Waals surface area (Å²) in [5.41, 5.74) is 1.84. The number of nitrogens with zero attached hydrogens (tertiary/aromatic N) is 3. The molecule has 5 nitrogen and oxygen atoms in total.